The molecule has 1 aromatic heterocycles. The van der Waals surface area contributed by atoms with Crippen LogP contribution in [0.25, 0.3) is 0 Å². The van der Waals surface area contributed by atoms with Gasteiger partial charge in [0.15, 0.2) is 6.23 Å². The number of methoxy groups -OCH3 is 1. The normalized spacial score (nSPS) is 35.5. The minimum absolute atomic E-state index is 0.196. The largest absolute Gasteiger partial charge is 0.495 e. The number of aliphatic hydroxyl groups is 1. The Kier molecular flexibility index (Phi) is 6.23. The minimum atomic E-state index is -0.604. The number of pyridine rings is 1. The van der Waals surface area contributed by atoms with Crippen molar-refractivity contribution in [2.45, 2.75) is 77.5 Å². The Morgan fingerprint density at radius 3 is 2.55 bits per heavy atom. The number of hydrogen-bond acceptors (Lipinski definition) is 6. The Morgan fingerprint density at radius 1 is 1.19 bits per heavy atom. The molecule has 31 heavy (non-hydrogen) atoms. The van der Waals surface area contributed by atoms with Gasteiger partial charge < -0.3 is 14.6 Å². The molecule has 1 aromatic rings. The van der Waals surface area contributed by atoms with Crippen molar-refractivity contribution in [2.24, 2.45) is 33.2 Å². The Morgan fingerprint density at radius 2 is 1.94 bits per heavy atom. The van der Waals surface area contributed by atoms with Crippen LogP contribution in [0.5, 0.6) is 5.75 Å². The van der Waals surface area contributed by atoms with E-state index in [0.717, 1.165) is 49.4 Å². The quantitative estimate of drug-likeness (QED) is 0.689. The van der Waals surface area contributed by atoms with E-state index >= 15 is 0 Å². The van der Waals surface area contributed by atoms with Gasteiger partial charge in [0.05, 0.1) is 30.9 Å². The molecule has 2 aliphatic carbocycles. The van der Waals surface area contributed by atoms with Gasteiger partial charge in [-0.25, -0.2) is 9.98 Å². The molecule has 1 aliphatic heterocycles. The van der Waals surface area contributed by atoms with Gasteiger partial charge in [-0.3, -0.25) is 4.98 Å². The van der Waals surface area contributed by atoms with Crippen LogP contribution in [0.4, 0.5) is 0 Å². The number of aliphatic imine (C=N–C) groups is 2. The molecule has 0 amide bonds. The van der Waals surface area contributed by atoms with Crippen molar-refractivity contribution >= 4 is 12.1 Å². The molecule has 0 radical (unpaired) electrons. The summed E-state index contributed by atoms with van der Waals surface area (Å²) in [6, 6.07) is 4.04. The van der Waals surface area contributed by atoms with E-state index in [1.165, 1.54) is 0 Å². The van der Waals surface area contributed by atoms with Crippen LogP contribution in [0.1, 0.15) is 71.4 Å². The second-order valence-electron chi connectivity index (χ2n) is 10.4. The highest BCUT2D eigenvalue weighted by molar-refractivity contribution is 5.91. The standard InChI is InChI=1S/C25H37N3O3/c1-16-27-15-25(4,19-8-6-18(7-9-19)24(2,3)29)23(28-16)31-14-17-12-21(17)22-11-10-20(30-5)13-26-22/h10-11,13,15,17-19,21,23,29H,6-9,12,14H2,1-5H3/t17-,18?,19?,21+,23?,25?/m1/s1. The topological polar surface area (TPSA) is 76.3 Å². The molecule has 2 heterocycles. The first kappa shape index (κ1) is 22.4. The molecule has 170 valence electrons. The predicted molar refractivity (Wildman–Crippen MR) is 123 cm³/mol. The summed E-state index contributed by atoms with van der Waals surface area (Å²) >= 11 is 0. The van der Waals surface area contributed by atoms with Crippen molar-refractivity contribution in [3.8, 4) is 5.75 Å². The zero-order valence-corrected chi connectivity index (χ0v) is 19.5. The van der Waals surface area contributed by atoms with E-state index < -0.39 is 5.60 Å². The van der Waals surface area contributed by atoms with Crippen LogP contribution in [0.3, 0.4) is 0 Å². The maximum Gasteiger partial charge on any atom is 0.160 e. The Labute approximate surface area is 186 Å². The van der Waals surface area contributed by atoms with E-state index in [1.54, 1.807) is 13.3 Å². The molecule has 1 N–H and O–H groups in total. The van der Waals surface area contributed by atoms with Gasteiger partial charge in [0, 0.05) is 17.8 Å². The van der Waals surface area contributed by atoms with E-state index in [-0.39, 0.29) is 11.6 Å². The Balaban J connectivity index is 1.37. The Hall–Kier alpha value is -1.79. The van der Waals surface area contributed by atoms with Gasteiger partial charge in [-0.15, -0.1) is 0 Å². The lowest BCUT2D eigenvalue weighted by Gasteiger charge is -2.45. The number of nitrogens with zero attached hydrogens (tertiary/aromatic N) is 3. The molecule has 2 unspecified atom stereocenters. The van der Waals surface area contributed by atoms with Crippen molar-refractivity contribution in [3.63, 3.8) is 0 Å². The summed E-state index contributed by atoms with van der Waals surface area (Å²) in [5, 5.41) is 10.4. The summed E-state index contributed by atoms with van der Waals surface area (Å²) in [5.41, 5.74) is 0.313. The van der Waals surface area contributed by atoms with Crippen molar-refractivity contribution in [2.75, 3.05) is 13.7 Å². The highest BCUT2D eigenvalue weighted by atomic mass is 16.5. The first-order chi connectivity index (χ1) is 14.7. The zero-order valence-electron chi connectivity index (χ0n) is 19.5. The lowest BCUT2D eigenvalue weighted by molar-refractivity contribution is -0.0520. The molecule has 4 rings (SSSR count). The van der Waals surface area contributed by atoms with Crippen molar-refractivity contribution < 1.29 is 14.6 Å². The summed E-state index contributed by atoms with van der Waals surface area (Å²) in [6.07, 6.45) is 9.03. The molecule has 0 bridgehead atoms. The fourth-order valence-electron chi connectivity index (χ4n) is 5.32. The summed E-state index contributed by atoms with van der Waals surface area (Å²) in [7, 11) is 1.66. The molecule has 3 aliphatic rings. The van der Waals surface area contributed by atoms with Crippen molar-refractivity contribution in [3.05, 3.63) is 24.0 Å². The highest BCUT2D eigenvalue weighted by Gasteiger charge is 2.47. The fourth-order valence-corrected chi connectivity index (χ4v) is 5.32. The molecular formula is C25H37N3O3. The SMILES string of the molecule is COc1ccc([C@H]2C[C@@H]2COC2N=C(C)N=CC2(C)C2CCC(C(C)(C)O)CC2)nc1. The number of ether oxygens (including phenoxy) is 2. The minimum Gasteiger partial charge on any atom is -0.495 e. The van der Waals surface area contributed by atoms with Crippen LogP contribution < -0.4 is 4.74 Å². The fraction of sp³-hybridized carbons (Fsp3) is 0.720. The van der Waals surface area contributed by atoms with E-state index in [9.17, 15) is 5.11 Å². The third kappa shape index (κ3) is 4.85. The third-order valence-electron chi connectivity index (χ3n) is 7.74. The molecule has 6 heteroatoms. The third-order valence-corrected chi connectivity index (χ3v) is 7.74. The molecule has 0 spiro atoms. The van der Waals surface area contributed by atoms with Crippen LogP contribution in [-0.4, -0.2) is 47.7 Å². The van der Waals surface area contributed by atoms with Gasteiger partial charge in [-0.2, -0.15) is 0 Å². The second kappa shape index (κ2) is 8.62. The lowest BCUT2D eigenvalue weighted by Crippen LogP contribution is -2.46. The smallest absolute Gasteiger partial charge is 0.160 e. The number of amidine groups is 1. The van der Waals surface area contributed by atoms with Gasteiger partial charge in [0.2, 0.25) is 0 Å². The van der Waals surface area contributed by atoms with Gasteiger partial charge in [0.1, 0.15) is 11.6 Å². The number of hydrogen-bond donors (Lipinski definition) is 1. The molecular weight excluding hydrogens is 390 g/mol. The zero-order chi connectivity index (χ0) is 22.2. The van der Waals surface area contributed by atoms with Crippen LogP contribution in [-0.2, 0) is 4.74 Å². The summed E-state index contributed by atoms with van der Waals surface area (Å²) in [5.74, 6) is 3.36. The lowest BCUT2D eigenvalue weighted by atomic mass is 9.65. The van der Waals surface area contributed by atoms with Crippen molar-refractivity contribution in [1.29, 1.82) is 0 Å². The first-order valence-electron chi connectivity index (χ1n) is 11.6. The predicted octanol–water partition coefficient (Wildman–Crippen LogP) is 4.62. The van der Waals surface area contributed by atoms with Crippen LogP contribution in [0.2, 0.25) is 0 Å². The molecule has 0 aromatic carbocycles. The summed E-state index contributed by atoms with van der Waals surface area (Å²) < 4.78 is 11.7. The van der Waals surface area contributed by atoms with E-state index in [1.807, 2.05) is 26.8 Å². The van der Waals surface area contributed by atoms with Crippen LogP contribution in [0.15, 0.2) is 28.3 Å². The maximum atomic E-state index is 10.4. The molecule has 6 nitrogen and oxygen atoms in total. The molecule has 2 saturated carbocycles. The molecule has 0 saturated heterocycles. The van der Waals surface area contributed by atoms with E-state index in [0.29, 0.717) is 30.3 Å². The second-order valence-corrected chi connectivity index (χ2v) is 10.4. The number of aromatic nitrogens is 1. The van der Waals surface area contributed by atoms with Crippen LogP contribution in [0, 0.1) is 23.2 Å². The highest BCUT2D eigenvalue weighted by Crippen LogP contribution is 2.49. The number of rotatable bonds is 7. The van der Waals surface area contributed by atoms with E-state index in [4.69, 9.17) is 14.5 Å². The molecule has 2 fully saturated rings. The summed E-state index contributed by atoms with van der Waals surface area (Å²) in [6.45, 7) is 8.76. The average Bonchev–Trinajstić information content (AvgIpc) is 3.54. The Bertz CT molecular complexity index is 821. The van der Waals surface area contributed by atoms with Gasteiger partial charge in [-0.1, -0.05) is 0 Å². The van der Waals surface area contributed by atoms with Gasteiger partial charge in [-0.05, 0) is 89.7 Å². The van der Waals surface area contributed by atoms with Gasteiger partial charge >= 0.3 is 0 Å². The van der Waals surface area contributed by atoms with E-state index in [2.05, 4.69) is 29.2 Å². The monoisotopic (exact) mass is 427 g/mol. The van der Waals surface area contributed by atoms with Crippen LogP contribution >= 0.6 is 0 Å². The maximum absolute atomic E-state index is 10.4. The average molecular weight is 428 g/mol. The summed E-state index contributed by atoms with van der Waals surface area (Å²) in [4.78, 5) is 13.9. The van der Waals surface area contributed by atoms with Crippen molar-refractivity contribution in [1.82, 2.24) is 4.98 Å². The first-order valence-corrected chi connectivity index (χ1v) is 11.6. The van der Waals surface area contributed by atoms with Gasteiger partial charge in [0.25, 0.3) is 0 Å². The molecule has 4 atom stereocenters.